The normalized spacial score (nSPS) is 15.9. The maximum Gasteiger partial charge on any atom is 0.187 e. The Morgan fingerprint density at radius 1 is 1.19 bits per heavy atom. The van der Waals surface area contributed by atoms with Gasteiger partial charge in [-0.05, 0) is 19.8 Å². The molecule has 1 aliphatic rings. The van der Waals surface area contributed by atoms with Crippen LogP contribution in [0.3, 0.4) is 0 Å². The van der Waals surface area contributed by atoms with Crippen LogP contribution in [0.25, 0.3) is 0 Å². The maximum atomic E-state index is 11.8. The van der Waals surface area contributed by atoms with Crippen molar-refractivity contribution in [3.63, 3.8) is 0 Å². The van der Waals surface area contributed by atoms with Gasteiger partial charge in [0.05, 0.1) is 0 Å². The summed E-state index contributed by atoms with van der Waals surface area (Å²) in [4.78, 5) is 14.0. The second-order valence-corrected chi connectivity index (χ2v) is 4.29. The molecule has 1 aromatic rings. The van der Waals surface area contributed by atoms with E-state index in [0.29, 0.717) is 0 Å². The van der Waals surface area contributed by atoms with E-state index in [4.69, 9.17) is 0 Å². The van der Waals surface area contributed by atoms with Crippen molar-refractivity contribution in [1.29, 1.82) is 0 Å². The quantitative estimate of drug-likeness (QED) is 0.571. The monoisotopic (exact) mass is 215 g/mol. The number of rotatable bonds is 3. The molecule has 0 unspecified atom stereocenters. The summed E-state index contributed by atoms with van der Waals surface area (Å²) in [5.41, 5.74) is 1.95. The molecule has 0 radical (unpaired) electrons. The van der Waals surface area contributed by atoms with Crippen LogP contribution in [0.2, 0.25) is 0 Å². The molecule has 2 heteroatoms. The van der Waals surface area contributed by atoms with Crippen molar-refractivity contribution in [1.82, 2.24) is 4.90 Å². The molecule has 84 valence electrons. The van der Waals surface area contributed by atoms with Crippen LogP contribution in [0.5, 0.6) is 0 Å². The van der Waals surface area contributed by atoms with Gasteiger partial charge in [-0.2, -0.15) is 0 Å². The van der Waals surface area contributed by atoms with Gasteiger partial charge in [-0.15, -0.1) is 0 Å². The van der Waals surface area contributed by atoms with Crippen molar-refractivity contribution in [2.24, 2.45) is 0 Å². The number of allylic oxidation sites excluding steroid dienone is 1. The minimum atomic E-state index is 0.0897. The van der Waals surface area contributed by atoms with Crippen molar-refractivity contribution in [3.05, 3.63) is 47.7 Å². The molecule has 0 amide bonds. The largest absolute Gasteiger partial charge is 0.377 e. The molecular formula is C14H17NO. The predicted octanol–water partition coefficient (Wildman–Crippen LogP) is 2.79. The minimum Gasteiger partial charge on any atom is -0.377 e. The standard InChI is InChI=1S/C14H17NO/c1-12-4-6-13(7-5-12)14(16)8-11-15-9-2-3-10-15/h4-8,11H,2-3,9-10H2,1H3/b11-8+. The van der Waals surface area contributed by atoms with Crippen LogP contribution in [0.4, 0.5) is 0 Å². The summed E-state index contributed by atoms with van der Waals surface area (Å²) in [6.07, 6.45) is 6.08. The smallest absolute Gasteiger partial charge is 0.187 e. The van der Waals surface area contributed by atoms with E-state index in [-0.39, 0.29) is 5.78 Å². The average molecular weight is 215 g/mol. The van der Waals surface area contributed by atoms with E-state index in [1.807, 2.05) is 37.4 Å². The predicted molar refractivity (Wildman–Crippen MR) is 65.5 cm³/mol. The lowest BCUT2D eigenvalue weighted by atomic mass is 10.1. The molecule has 1 fully saturated rings. The first-order chi connectivity index (χ1) is 7.75. The average Bonchev–Trinajstić information content (AvgIpc) is 2.80. The molecule has 2 nitrogen and oxygen atoms in total. The van der Waals surface area contributed by atoms with E-state index in [1.54, 1.807) is 6.08 Å². The molecule has 1 heterocycles. The Labute approximate surface area is 96.6 Å². The Kier molecular flexibility index (Phi) is 3.40. The number of ketones is 1. The number of nitrogens with zero attached hydrogens (tertiary/aromatic N) is 1. The molecule has 0 spiro atoms. The van der Waals surface area contributed by atoms with Crippen molar-refractivity contribution in [2.75, 3.05) is 13.1 Å². The van der Waals surface area contributed by atoms with Crippen LogP contribution in [0.1, 0.15) is 28.8 Å². The van der Waals surface area contributed by atoms with Gasteiger partial charge in [-0.1, -0.05) is 29.8 Å². The highest BCUT2D eigenvalue weighted by molar-refractivity contribution is 6.04. The molecule has 0 atom stereocenters. The van der Waals surface area contributed by atoms with Gasteiger partial charge in [0.15, 0.2) is 5.78 Å². The summed E-state index contributed by atoms with van der Waals surface area (Å²) in [6, 6.07) is 7.70. The lowest BCUT2D eigenvalue weighted by Crippen LogP contribution is -2.11. The summed E-state index contributed by atoms with van der Waals surface area (Å²) in [5, 5.41) is 0. The Morgan fingerprint density at radius 2 is 1.81 bits per heavy atom. The van der Waals surface area contributed by atoms with Gasteiger partial charge in [0.25, 0.3) is 0 Å². The zero-order valence-electron chi connectivity index (χ0n) is 9.65. The molecule has 1 aliphatic heterocycles. The van der Waals surface area contributed by atoms with E-state index in [9.17, 15) is 4.79 Å². The zero-order valence-corrected chi connectivity index (χ0v) is 9.65. The van der Waals surface area contributed by atoms with E-state index in [2.05, 4.69) is 4.90 Å². The van der Waals surface area contributed by atoms with Gasteiger partial charge in [0, 0.05) is 30.9 Å². The Bertz CT molecular complexity index is 386. The number of hydrogen-bond acceptors (Lipinski definition) is 2. The fraction of sp³-hybridized carbons (Fsp3) is 0.357. The topological polar surface area (TPSA) is 20.3 Å². The lowest BCUT2D eigenvalue weighted by Gasteiger charge is -2.09. The first-order valence-electron chi connectivity index (χ1n) is 5.79. The highest BCUT2D eigenvalue weighted by atomic mass is 16.1. The van der Waals surface area contributed by atoms with Crippen LogP contribution in [0.15, 0.2) is 36.5 Å². The third-order valence-corrected chi connectivity index (χ3v) is 2.91. The van der Waals surface area contributed by atoms with Crippen LogP contribution < -0.4 is 0 Å². The third kappa shape index (κ3) is 2.72. The Balaban J connectivity index is 1.99. The number of aryl methyl sites for hydroxylation is 1. The van der Waals surface area contributed by atoms with Crippen molar-refractivity contribution in [2.45, 2.75) is 19.8 Å². The first kappa shape index (κ1) is 10.9. The van der Waals surface area contributed by atoms with E-state index in [0.717, 1.165) is 18.7 Å². The number of carbonyl (C=O) groups excluding carboxylic acids is 1. The van der Waals surface area contributed by atoms with Crippen molar-refractivity contribution >= 4 is 5.78 Å². The van der Waals surface area contributed by atoms with Gasteiger partial charge in [-0.25, -0.2) is 0 Å². The molecule has 0 bridgehead atoms. The summed E-state index contributed by atoms with van der Waals surface area (Å²) >= 11 is 0. The SMILES string of the molecule is Cc1ccc(C(=O)/C=C/N2CCCC2)cc1. The summed E-state index contributed by atoms with van der Waals surface area (Å²) in [7, 11) is 0. The maximum absolute atomic E-state index is 11.8. The van der Waals surface area contributed by atoms with Crippen LogP contribution in [-0.4, -0.2) is 23.8 Å². The number of benzene rings is 1. The van der Waals surface area contributed by atoms with Crippen LogP contribution in [-0.2, 0) is 0 Å². The van der Waals surface area contributed by atoms with Gasteiger partial charge in [0.2, 0.25) is 0 Å². The van der Waals surface area contributed by atoms with Crippen molar-refractivity contribution < 1.29 is 4.79 Å². The van der Waals surface area contributed by atoms with Gasteiger partial charge in [-0.3, -0.25) is 4.79 Å². The molecule has 2 rings (SSSR count). The molecule has 0 aliphatic carbocycles. The highest BCUT2D eigenvalue weighted by Gasteiger charge is 2.07. The lowest BCUT2D eigenvalue weighted by molar-refractivity contribution is 0.104. The number of carbonyl (C=O) groups is 1. The second-order valence-electron chi connectivity index (χ2n) is 4.29. The molecule has 1 aromatic carbocycles. The minimum absolute atomic E-state index is 0.0897. The van der Waals surface area contributed by atoms with E-state index >= 15 is 0 Å². The molecule has 0 N–H and O–H groups in total. The molecule has 0 saturated carbocycles. The van der Waals surface area contributed by atoms with Crippen LogP contribution >= 0.6 is 0 Å². The zero-order chi connectivity index (χ0) is 11.4. The van der Waals surface area contributed by atoms with Gasteiger partial charge >= 0.3 is 0 Å². The highest BCUT2D eigenvalue weighted by Crippen LogP contribution is 2.09. The van der Waals surface area contributed by atoms with Gasteiger partial charge in [0.1, 0.15) is 0 Å². The Morgan fingerprint density at radius 3 is 2.44 bits per heavy atom. The Hall–Kier alpha value is -1.57. The third-order valence-electron chi connectivity index (χ3n) is 2.91. The van der Waals surface area contributed by atoms with E-state index < -0.39 is 0 Å². The molecular weight excluding hydrogens is 198 g/mol. The van der Waals surface area contributed by atoms with E-state index in [1.165, 1.54) is 18.4 Å². The molecule has 0 aromatic heterocycles. The van der Waals surface area contributed by atoms with Gasteiger partial charge < -0.3 is 4.90 Å². The van der Waals surface area contributed by atoms with Crippen LogP contribution in [0, 0.1) is 6.92 Å². The molecule has 1 saturated heterocycles. The summed E-state index contributed by atoms with van der Waals surface area (Å²) in [5.74, 6) is 0.0897. The second kappa shape index (κ2) is 4.97. The number of likely N-dealkylation sites (tertiary alicyclic amines) is 1. The fourth-order valence-electron chi connectivity index (χ4n) is 1.88. The van der Waals surface area contributed by atoms with Crippen molar-refractivity contribution in [3.8, 4) is 0 Å². The first-order valence-corrected chi connectivity index (χ1v) is 5.79. The fourth-order valence-corrected chi connectivity index (χ4v) is 1.88. The summed E-state index contributed by atoms with van der Waals surface area (Å²) < 4.78 is 0. The molecule has 16 heavy (non-hydrogen) atoms. The number of hydrogen-bond donors (Lipinski definition) is 0. The summed E-state index contributed by atoms with van der Waals surface area (Å²) in [6.45, 7) is 4.18.